The minimum atomic E-state index is -0.530. The van der Waals surface area contributed by atoms with Crippen molar-refractivity contribution in [3.63, 3.8) is 0 Å². The van der Waals surface area contributed by atoms with Crippen LogP contribution in [0.1, 0.15) is 35.0 Å². The number of hydrogen-bond donors (Lipinski definition) is 1. The van der Waals surface area contributed by atoms with Crippen LogP contribution >= 0.6 is 12.2 Å². The van der Waals surface area contributed by atoms with Crippen LogP contribution in [0.25, 0.3) is 11.8 Å². The Kier molecular flexibility index (Phi) is 7.62. The van der Waals surface area contributed by atoms with Gasteiger partial charge in [-0.2, -0.15) is 0 Å². The molecule has 0 unspecified atom stereocenters. The third-order valence-electron chi connectivity index (χ3n) is 6.92. The normalized spacial score (nSPS) is 14.6. The maximum absolute atomic E-state index is 13.9. The van der Waals surface area contributed by atoms with E-state index >= 15 is 0 Å². The van der Waals surface area contributed by atoms with Crippen LogP contribution in [0.15, 0.2) is 84.4 Å². The number of aryl methyl sites for hydroxylation is 2. The zero-order valence-electron chi connectivity index (χ0n) is 22.4. The zero-order valence-corrected chi connectivity index (χ0v) is 23.2. The molecule has 2 heterocycles. The molecule has 6 nitrogen and oxygen atoms in total. The Balaban J connectivity index is 1.39. The fourth-order valence-corrected chi connectivity index (χ4v) is 5.01. The molecule has 0 spiro atoms. The summed E-state index contributed by atoms with van der Waals surface area (Å²) in [5, 5.41) is 2.70. The van der Waals surface area contributed by atoms with Crippen LogP contribution in [0.3, 0.4) is 0 Å². The number of halogens is 1. The molecule has 40 heavy (non-hydrogen) atoms. The van der Waals surface area contributed by atoms with Gasteiger partial charge in [0.05, 0.1) is 5.69 Å². The van der Waals surface area contributed by atoms with E-state index in [2.05, 4.69) is 12.2 Å². The summed E-state index contributed by atoms with van der Waals surface area (Å²) in [4.78, 5) is 27.6. The van der Waals surface area contributed by atoms with Gasteiger partial charge in [-0.15, -0.1) is 0 Å². The highest BCUT2D eigenvalue weighted by Crippen LogP contribution is 2.27. The molecule has 0 radical (unpaired) electrons. The summed E-state index contributed by atoms with van der Waals surface area (Å²) in [5.74, 6) is -0.690. The molecule has 4 aromatic rings. The lowest BCUT2D eigenvalue weighted by atomic mass is 10.1. The highest BCUT2D eigenvalue weighted by atomic mass is 32.1. The van der Waals surface area contributed by atoms with Crippen molar-refractivity contribution in [2.75, 3.05) is 4.90 Å². The summed E-state index contributed by atoms with van der Waals surface area (Å²) < 4.78 is 21.7. The molecule has 1 aliphatic rings. The SMILES string of the molecule is CCc1ccc(N2C(=O)/C(=C/c3cc(C)n(-c4ccc(OCc5ccccc5F)cc4)c3C)C(=O)NC2=S)cc1. The Morgan fingerprint density at radius 1 is 0.950 bits per heavy atom. The lowest BCUT2D eigenvalue weighted by molar-refractivity contribution is -0.122. The molecule has 1 fully saturated rings. The first-order chi connectivity index (χ1) is 19.3. The first-order valence-electron chi connectivity index (χ1n) is 12.9. The first kappa shape index (κ1) is 27.0. The van der Waals surface area contributed by atoms with E-state index in [0.29, 0.717) is 17.0 Å². The van der Waals surface area contributed by atoms with E-state index < -0.39 is 11.8 Å². The standard InChI is InChI=1S/C32H28FN3O3S/c1-4-22-9-11-26(12-10-22)36-31(38)28(30(37)34-32(36)40)18-24-17-20(2)35(21(24)3)25-13-15-27(16-14-25)39-19-23-7-5-6-8-29(23)33/h5-18H,4,19H2,1-3H3,(H,34,37,40)/b28-18+. The molecule has 1 N–H and O–H groups in total. The van der Waals surface area contributed by atoms with Crippen LogP contribution in [-0.4, -0.2) is 21.5 Å². The van der Waals surface area contributed by atoms with Gasteiger partial charge < -0.3 is 9.30 Å². The molecule has 0 aliphatic carbocycles. The maximum atomic E-state index is 13.9. The molecule has 2 amide bonds. The van der Waals surface area contributed by atoms with Crippen molar-refractivity contribution in [3.8, 4) is 11.4 Å². The van der Waals surface area contributed by atoms with Gasteiger partial charge in [0.1, 0.15) is 23.7 Å². The molecule has 0 bridgehead atoms. The van der Waals surface area contributed by atoms with E-state index in [0.717, 1.165) is 34.6 Å². The number of amides is 2. The van der Waals surface area contributed by atoms with Crippen LogP contribution in [0.4, 0.5) is 10.1 Å². The lowest BCUT2D eigenvalue weighted by Gasteiger charge is -2.29. The summed E-state index contributed by atoms with van der Waals surface area (Å²) in [5.41, 5.74) is 5.64. The van der Waals surface area contributed by atoms with Gasteiger partial charge >= 0.3 is 0 Å². The smallest absolute Gasteiger partial charge is 0.270 e. The van der Waals surface area contributed by atoms with Crippen LogP contribution in [0, 0.1) is 19.7 Å². The van der Waals surface area contributed by atoms with E-state index in [9.17, 15) is 14.0 Å². The van der Waals surface area contributed by atoms with Crippen molar-refractivity contribution in [1.29, 1.82) is 0 Å². The van der Waals surface area contributed by atoms with Gasteiger partial charge in [0.15, 0.2) is 5.11 Å². The van der Waals surface area contributed by atoms with E-state index in [4.69, 9.17) is 17.0 Å². The van der Waals surface area contributed by atoms with E-state index in [1.807, 2.05) is 73.0 Å². The van der Waals surface area contributed by atoms with Crippen LogP contribution in [-0.2, 0) is 22.6 Å². The van der Waals surface area contributed by atoms with Crippen LogP contribution < -0.4 is 15.0 Å². The highest BCUT2D eigenvalue weighted by Gasteiger charge is 2.34. The number of thiocarbonyl (C=S) groups is 1. The van der Waals surface area contributed by atoms with Gasteiger partial charge in [-0.1, -0.05) is 37.3 Å². The first-order valence-corrected chi connectivity index (χ1v) is 13.3. The predicted octanol–water partition coefficient (Wildman–Crippen LogP) is 6.21. The Morgan fingerprint density at radius 2 is 1.62 bits per heavy atom. The van der Waals surface area contributed by atoms with Crippen molar-refractivity contribution < 1.29 is 18.7 Å². The summed E-state index contributed by atoms with van der Waals surface area (Å²) in [6.45, 7) is 6.07. The van der Waals surface area contributed by atoms with E-state index in [1.54, 1.807) is 24.3 Å². The molecular weight excluding hydrogens is 525 g/mol. The monoisotopic (exact) mass is 553 g/mol. The Labute approximate surface area is 237 Å². The van der Waals surface area contributed by atoms with Crippen molar-refractivity contribution in [2.45, 2.75) is 33.8 Å². The molecule has 1 aromatic heterocycles. The molecule has 202 valence electrons. The quantitative estimate of drug-likeness (QED) is 0.168. The maximum Gasteiger partial charge on any atom is 0.270 e. The van der Waals surface area contributed by atoms with E-state index in [-0.39, 0.29) is 23.1 Å². The van der Waals surface area contributed by atoms with Gasteiger partial charge in [-0.05, 0) is 98.2 Å². The van der Waals surface area contributed by atoms with Gasteiger partial charge in [-0.3, -0.25) is 19.8 Å². The largest absolute Gasteiger partial charge is 0.489 e. The summed E-state index contributed by atoms with van der Waals surface area (Å²) in [6, 6.07) is 23.5. The molecule has 3 aromatic carbocycles. The average molecular weight is 554 g/mol. The second-order valence-corrected chi connectivity index (χ2v) is 9.90. The fraction of sp³-hybridized carbons (Fsp3) is 0.156. The number of aromatic nitrogens is 1. The Hall–Kier alpha value is -4.56. The Bertz CT molecular complexity index is 1640. The number of anilines is 1. The predicted molar refractivity (Wildman–Crippen MR) is 158 cm³/mol. The number of carbonyl (C=O) groups excluding carboxylic acids is 2. The van der Waals surface area contributed by atoms with Crippen LogP contribution in [0.2, 0.25) is 0 Å². The number of ether oxygens (including phenoxy) is 1. The molecule has 1 saturated heterocycles. The van der Waals surface area contributed by atoms with Crippen molar-refractivity contribution >= 4 is 40.9 Å². The minimum absolute atomic E-state index is 0.00492. The number of carbonyl (C=O) groups is 2. The van der Waals surface area contributed by atoms with Gasteiger partial charge in [0, 0.05) is 22.6 Å². The number of rotatable bonds is 7. The summed E-state index contributed by atoms with van der Waals surface area (Å²) in [6.07, 6.45) is 2.48. The molecule has 5 rings (SSSR count). The van der Waals surface area contributed by atoms with Crippen molar-refractivity contribution in [1.82, 2.24) is 9.88 Å². The van der Waals surface area contributed by atoms with Gasteiger partial charge in [0.2, 0.25) is 0 Å². The van der Waals surface area contributed by atoms with Crippen molar-refractivity contribution in [2.24, 2.45) is 0 Å². The third-order valence-corrected chi connectivity index (χ3v) is 7.21. The highest BCUT2D eigenvalue weighted by molar-refractivity contribution is 7.80. The topological polar surface area (TPSA) is 63.6 Å². The second kappa shape index (κ2) is 11.3. The van der Waals surface area contributed by atoms with Gasteiger partial charge in [0.25, 0.3) is 11.8 Å². The number of nitrogens with one attached hydrogen (secondary N) is 1. The third kappa shape index (κ3) is 5.31. The zero-order chi connectivity index (χ0) is 28.4. The molecular formula is C32H28FN3O3S. The minimum Gasteiger partial charge on any atom is -0.489 e. The average Bonchev–Trinajstić information content (AvgIpc) is 3.23. The summed E-state index contributed by atoms with van der Waals surface area (Å²) in [7, 11) is 0. The molecule has 1 aliphatic heterocycles. The van der Waals surface area contributed by atoms with Crippen molar-refractivity contribution in [3.05, 3.63) is 118 Å². The number of nitrogens with zero attached hydrogens (tertiary/aromatic N) is 2. The van der Waals surface area contributed by atoms with Crippen LogP contribution in [0.5, 0.6) is 5.75 Å². The molecule has 0 atom stereocenters. The van der Waals surface area contributed by atoms with E-state index in [1.165, 1.54) is 11.0 Å². The number of benzene rings is 3. The molecule has 0 saturated carbocycles. The molecule has 8 heteroatoms. The Morgan fingerprint density at radius 3 is 2.30 bits per heavy atom. The van der Waals surface area contributed by atoms with Gasteiger partial charge in [-0.25, -0.2) is 4.39 Å². The summed E-state index contributed by atoms with van der Waals surface area (Å²) >= 11 is 5.33. The number of hydrogen-bond acceptors (Lipinski definition) is 4. The lowest BCUT2D eigenvalue weighted by Crippen LogP contribution is -2.54. The fourth-order valence-electron chi connectivity index (χ4n) is 4.73. The second-order valence-electron chi connectivity index (χ2n) is 9.51.